The summed E-state index contributed by atoms with van der Waals surface area (Å²) in [7, 11) is 0. The Labute approximate surface area is 126 Å². The van der Waals surface area contributed by atoms with Gasteiger partial charge >= 0.3 is 6.09 Å². The summed E-state index contributed by atoms with van der Waals surface area (Å²) in [5.74, 6) is 0.438. The summed E-state index contributed by atoms with van der Waals surface area (Å²) in [4.78, 5) is 22.8. The predicted octanol–water partition coefficient (Wildman–Crippen LogP) is 2.89. The van der Waals surface area contributed by atoms with Crippen molar-refractivity contribution in [3.05, 3.63) is 23.3 Å². The fourth-order valence-electron chi connectivity index (χ4n) is 2.59. The van der Waals surface area contributed by atoms with Crippen LogP contribution in [-0.4, -0.2) is 39.7 Å². The van der Waals surface area contributed by atoms with E-state index in [9.17, 15) is 4.79 Å². The molecule has 1 aromatic heterocycles. The van der Waals surface area contributed by atoms with Crippen molar-refractivity contribution in [1.29, 1.82) is 0 Å². The molecule has 0 bridgehead atoms. The minimum atomic E-state index is -0.436. The van der Waals surface area contributed by atoms with Crippen LogP contribution in [0.5, 0.6) is 0 Å². The fraction of sp³-hybridized carbons (Fsp3) is 0.688. The third kappa shape index (κ3) is 4.41. The first-order valence-corrected chi connectivity index (χ1v) is 7.51. The van der Waals surface area contributed by atoms with Crippen molar-refractivity contribution in [2.75, 3.05) is 13.1 Å². The van der Waals surface area contributed by atoms with Gasteiger partial charge < -0.3 is 9.64 Å². The maximum Gasteiger partial charge on any atom is 0.410 e. The van der Waals surface area contributed by atoms with E-state index in [2.05, 4.69) is 9.97 Å². The molecule has 0 aromatic carbocycles. The first kappa shape index (κ1) is 15.7. The van der Waals surface area contributed by atoms with Crippen molar-refractivity contribution < 1.29 is 9.53 Å². The lowest BCUT2D eigenvalue weighted by Gasteiger charge is -2.24. The van der Waals surface area contributed by atoms with Gasteiger partial charge in [0, 0.05) is 19.3 Å². The van der Waals surface area contributed by atoms with E-state index in [0.717, 1.165) is 43.0 Å². The Morgan fingerprint density at radius 1 is 1.43 bits per heavy atom. The van der Waals surface area contributed by atoms with E-state index in [-0.39, 0.29) is 6.09 Å². The van der Waals surface area contributed by atoms with Crippen LogP contribution in [0.25, 0.3) is 0 Å². The number of amides is 1. The molecule has 1 amide bonds. The number of hydrogen-bond acceptors (Lipinski definition) is 4. The van der Waals surface area contributed by atoms with Gasteiger partial charge in [-0.15, -0.1) is 0 Å². The number of aryl methyl sites for hydroxylation is 2. The van der Waals surface area contributed by atoms with E-state index in [1.54, 1.807) is 4.90 Å². The molecular weight excluding hydrogens is 266 g/mol. The molecule has 0 saturated carbocycles. The van der Waals surface area contributed by atoms with Crippen LogP contribution in [0.1, 0.15) is 44.3 Å². The lowest BCUT2D eigenvalue weighted by atomic mass is 10.0. The van der Waals surface area contributed by atoms with Crippen LogP contribution in [0.15, 0.2) is 6.20 Å². The number of ether oxygens (including phenoxy) is 1. The second kappa shape index (κ2) is 6.00. The maximum atomic E-state index is 12.0. The first-order chi connectivity index (χ1) is 9.74. The Bertz CT molecular complexity index is 523. The molecule has 5 heteroatoms. The summed E-state index contributed by atoms with van der Waals surface area (Å²) in [6.07, 6.45) is 3.46. The van der Waals surface area contributed by atoms with Gasteiger partial charge in [-0.05, 0) is 53.4 Å². The Kier molecular flexibility index (Phi) is 4.49. The van der Waals surface area contributed by atoms with Gasteiger partial charge in [0.05, 0.1) is 17.1 Å². The summed E-state index contributed by atoms with van der Waals surface area (Å²) in [6.45, 7) is 11.1. The number of likely N-dealkylation sites (tertiary alicyclic amines) is 1. The standard InChI is InChI=1S/C16H25N3O2/c1-11-9-17-14(12(2)18-11)8-13-6-7-19(10-13)15(20)21-16(3,4)5/h9,13H,6-8,10H2,1-5H3/t13-/m1/s1. The molecule has 1 atom stereocenters. The quantitative estimate of drug-likeness (QED) is 0.840. The van der Waals surface area contributed by atoms with Gasteiger partial charge in [-0.1, -0.05) is 0 Å². The van der Waals surface area contributed by atoms with E-state index < -0.39 is 5.60 Å². The highest BCUT2D eigenvalue weighted by atomic mass is 16.6. The molecular formula is C16H25N3O2. The second-order valence-electron chi connectivity index (χ2n) is 6.83. The minimum absolute atomic E-state index is 0.211. The largest absolute Gasteiger partial charge is 0.444 e. The Balaban J connectivity index is 1.92. The van der Waals surface area contributed by atoms with E-state index in [1.807, 2.05) is 40.8 Å². The third-order valence-electron chi connectivity index (χ3n) is 3.59. The van der Waals surface area contributed by atoms with E-state index >= 15 is 0 Å². The lowest BCUT2D eigenvalue weighted by Crippen LogP contribution is -2.35. The SMILES string of the molecule is Cc1cnc(C[C@H]2CCN(C(=O)OC(C)(C)C)C2)c(C)n1. The summed E-state index contributed by atoms with van der Waals surface area (Å²) in [5.41, 5.74) is 2.54. The maximum absolute atomic E-state index is 12.0. The minimum Gasteiger partial charge on any atom is -0.444 e. The van der Waals surface area contributed by atoms with E-state index in [4.69, 9.17) is 4.74 Å². The zero-order chi connectivity index (χ0) is 15.6. The van der Waals surface area contributed by atoms with Crippen molar-refractivity contribution in [3.63, 3.8) is 0 Å². The van der Waals surface area contributed by atoms with Crippen LogP contribution in [-0.2, 0) is 11.2 Å². The topological polar surface area (TPSA) is 55.3 Å². The number of aromatic nitrogens is 2. The highest BCUT2D eigenvalue weighted by Gasteiger charge is 2.30. The normalized spacial score (nSPS) is 18.9. The van der Waals surface area contributed by atoms with E-state index in [1.165, 1.54) is 0 Å². The fourth-order valence-corrected chi connectivity index (χ4v) is 2.59. The molecule has 0 spiro atoms. The average Bonchev–Trinajstić information content (AvgIpc) is 2.79. The monoisotopic (exact) mass is 291 g/mol. The molecule has 1 saturated heterocycles. The lowest BCUT2D eigenvalue weighted by molar-refractivity contribution is 0.0288. The van der Waals surface area contributed by atoms with Gasteiger partial charge in [-0.25, -0.2) is 4.79 Å². The van der Waals surface area contributed by atoms with Gasteiger partial charge in [0.2, 0.25) is 0 Å². The number of nitrogens with zero attached hydrogens (tertiary/aromatic N) is 3. The van der Waals surface area contributed by atoms with Crippen LogP contribution in [0, 0.1) is 19.8 Å². The molecule has 1 fully saturated rings. The van der Waals surface area contributed by atoms with Crippen LogP contribution in [0.2, 0.25) is 0 Å². The average molecular weight is 291 g/mol. The van der Waals surface area contributed by atoms with Crippen molar-refractivity contribution in [2.24, 2.45) is 5.92 Å². The van der Waals surface area contributed by atoms with Gasteiger partial charge in [-0.3, -0.25) is 9.97 Å². The Hall–Kier alpha value is -1.65. The molecule has 5 nitrogen and oxygen atoms in total. The van der Waals surface area contributed by atoms with E-state index in [0.29, 0.717) is 5.92 Å². The third-order valence-corrected chi connectivity index (χ3v) is 3.59. The number of carbonyl (C=O) groups is 1. The van der Waals surface area contributed by atoms with Crippen molar-refractivity contribution in [3.8, 4) is 0 Å². The molecule has 2 rings (SSSR count). The highest BCUT2D eigenvalue weighted by Crippen LogP contribution is 2.23. The molecule has 21 heavy (non-hydrogen) atoms. The molecule has 0 N–H and O–H groups in total. The molecule has 1 aromatic rings. The first-order valence-electron chi connectivity index (χ1n) is 7.51. The summed E-state index contributed by atoms with van der Waals surface area (Å²) >= 11 is 0. The zero-order valence-corrected chi connectivity index (χ0v) is 13.6. The summed E-state index contributed by atoms with van der Waals surface area (Å²) in [5, 5.41) is 0. The van der Waals surface area contributed by atoms with Gasteiger partial charge in [0.25, 0.3) is 0 Å². The number of hydrogen-bond donors (Lipinski definition) is 0. The number of carbonyl (C=O) groups excluding carboxylic acids is 1. The highest BCUT2D eigenvalue weighted by molar-refractivity contribution is 5.68. The molecule has 0 radical (unpaired) electrons. The zero-order valence-electron chi connectivity index (χ0n) is 13.6. The van der Waals surface area contributed by atoms with Gasteiger partial charge in [0.15, 0.2) is 0 Å². The van der Waals surface area contributed by atoms with Crippen molar-refractivity contribution in [2.45, 2.75) is 53.1 Å². The second-order valence-corrected chi connectivity index (χ2v) is 6.83. The summed E-state index contributed by atoms with van der Waals surface area (Å²) in [6, 6.07) is 0. The molecule has 116 valence electrons. The van der Waals surface area contributed by atoms with Crippen LogP contribution < -0.4 is 0 Å². The number of rotatable bonds is 2. The Morgan fingerprint density at radius 2 is 2.14 bits per heavy atom. The van der Waals surface area contributed by atoms with Crippen molar-refractivity contribution in [1.82, 2.24) is 14.9 Å². The van der Waals surface area contributed by atoms with Gasteiger partial charge in [0.1, 0.15) is 5.60 Å². The van der Waals surface area contributed by atoms with Crippen LogP contribution in [0.4, 0.5) is 4.79 Å². The molecule has 0 aliphatic carbocycles. The molecule has 0 unspecified atom stereocenters. The van der Waals surface area contributed by atoms with Crippen molar-refractivity contribution >= 4 is 6.09 Å². The van der Waals surface area contributed by atoms with Gasteiger partial charge in [-0.2, -0.15) is 0 Å². The predicted molar refractivity (Wildman–Crippen MR) is 81.1 cm³/mol. The molecule has 1 aliphatic rings. The summed E-state index contributed by atoms with van der Waals surface area (Å²) < 4.78 is 5.42. The van der Waals surface area contributed by atoms with Crippen LogP contribution >= 0.6 is 0 Å². The van der Waals surface area contributed by atoms with Crippen LogP contribution in [0.3, 0.4) is 0 Å². The molecule has 2 heterocycles. The molecule has 1 aliphatic heterocycles. The smallest absolute Gasteiger partial charge is 0.410 e. The Morgan fingerprint density at radius 3 is 2.76 bits per heavy atom.